The molecular weight excluding hydrogens is 256 g/mol. The van der Waals surface area contributed by atoms with Gasteiger partial charge < -0.3 is 9.47 Å². The number of aryl methyl sites for hydroxylation is 1. The zero-order chi connectivity index (χ0) is 14.1. The fourth-order valence-corrected chi connectivity index (χ4v) is 2.16. The Morgan fingerprint density at radius 1 is 1.45 bits per heavy atom. The molecular formula is C15H14N2O3. The number of rotatable bonds is 2. The molecule has 20 heavy (non-hydrogen) atoms. The third-order valence-electron chi connectivity index (χ3n) is 3.17. The van der Waals surface area contributed by atoms with Crippen molar-refractivity contribution in [3.8, 4) is 11.5 Å². The largest absolute Gasteiger partial charge is 0.497 e. The van der Waals surface area contributed by atoms with E-state index in [1.807, 2.05) is 13.2 Å². The Morgan fingerprint density at radius 2 is 2.30 bits per heavy atom. The number of hydrogen-bond acceptors (Lipinski definition) is 4. The number of methoxy groups -OCH3 is 1. The number of carbonyl (C=O) groups is 1. The van der Waals surface area contributed by atoms with Gasteiger partial charge in [0.15, 0.2) is 5.78 Å². The Hall–Kier alpha value is -2.56. The molecule has 0 saturated heterocycles. The fourth-order valence-electron chi connectivity index (χ4n) is 2.16. The van der Waals surface area contributed by atoms with Crippen LogP contribution in [-0.4, -0.2) is 29.3 Å². The number of aromatic nitrogens is 2. The lowest BCUT2D eigenvalue weighted by molar-refractivity contribution is 0.100. The first-order valence-electron chi connectivity index (χ1n) is 6.22. The molecule has 102 valence electrons. The van der Waals surface area contributed by atoms with E-state index in [9.17, 15) is 4.79 Å². The maximum Gasteiger partial charge on any atom is 0.196 e. The van der Waals surface area contributed by atoms with Crippen LogP contribution in [0, 0.1) is 0 Å². The van der Waals surface area contributed by atoms with Crippen LogP contribution in [0.2, 0.25) is 0 Å². The smallest absolute Gasteiger partial charge is 0.196 e. The quantitative estimate of drug-likeness (QED) is 0.784. The Kier molecular flexibility index (Phi) is 3.02. The van der Waals surface area contributed by atoms with Gasteiger partial charge >= 0.3 is 0 Å². The van der Waals surface area contributed by atoms with Crippen molar-refractivity contribution >= 4 is 11.9 Å². The molecule has 0 unspecified atom stereocenters. The van der Waals surface area contributed by atoms with Gasteiger partial charge in [-0.15, -0.1) is 0 Å². The normalized spacial score (nSPS) is 15.9. The van der Waals surface area contributed by atoms with Gasteiger partial charge in [0.1, 0.15) is 18.1 Å². The second-order valence-electron chi connectivity index (χ2n) is 4.60. The van der Waals surface area contributed by atoms with Gasteiger partial charge in [0.25, 0.3) is 0 Å². The summed E-state index contributed by atoms with van der Waals surface area (Å²) in [4.78, 5) is 12.5. The number of ether oxygens (including phenoxy) is 2. The summed E-state index contributed by atoms with van der Waals surface area (Å²) in [5, 5.41) is 4.08. The lowest BCUT2D eigenvalue weighted by Crippen LogP contribution is -2.19. The summed E-state index contributed by atoms with van der Waals surface area (Å²) in [6.07, 6.45) is 5.36. The van der Waals surface area contributed by atoms with E-state index in [1.165, 1.54) is 0 Å². The van der Waals surface area contributed by atoms with E-state index in [4.69, 9.17) is 9.47 Å². The summed E-state index contributed by atoms with van der Waals surface area (Å²) in [5.41, 5.74) is 2.02. The molecule has 0 spiro atoms. The van der Waals surface area contributed by atoms with Gasteiger partial charge in [0, 0.05) is 24.4 Å². The van der Waals surface area contributed by atoms with Crippen molar-refractivity contribution in [1.29, 1.82) is 0 Å². The summed E-state index contributed by atoms with van der Waals surface area (Å²) < 4.78 is 12.4. The van der Waals surface area contributed by atoms with Crippen molar-refractivity contribution < 1.29 is 14.3 Å². The third kappa shape index (κ3) is 2.18. The highest BCUT2D eigenvalue weighted by Gasteiger charge is 2.24. The number of fused-ring (bicyclic) bond motifs is 1. The van der Waals surface area contributed by atoms with Crippen LogP contribution in [0.4, 0.5) is 0 Å². The summed E-state index contributed by atoms with van der Waals surface area (Å²) in [6.45, 7) is 0.271. The van der Waals surface area contributed by atoms with Gasteiger partial charge in [0.05, 0.1) is 18.9 Å². The molecule has 5 heteroatoms. The predicted molar refractivity (Wildman–Crippen MR) is 74.0 cm³/mol. The zero-order valence-electron chi connectivity index (χ0n) is 11.3. The van der Waals surface area contributed by atoms with Gasteiger partial charge in [-0.05, 0) is 24.3 Å². The molecule has 0 saturated carbocycles. The van der Waals surface area contributed by atoms with Crippen molar-refractivity contribution in [3.05, 3.63) is 47.3 Å². The van der Waals surface area contributed by atoms with Crippen molar-refractivity contribution in [1.82, 2.24) is 9.78 Å². The van der Waals surface area contributed by atoms with Gasteiger partial charge in [0.2, 0.25) is 0 Å². The van der Waals surface area contributed by atoms with Crippen LogP contribution >= 0.6 is 0 Å². The van der Waals surface area contributed by atoms with Gasteiger partial charge in [-0.2, -0.15) is 5.10 Å². The summed E-state index contributed by atoms with van der Waals surface area (Å²) in [5.74, 6) is 1.21. The van der Waals surface area contributed by atoms with Crippen LogP contribution in [-0.2, 0) is 7.05 Å². The maximum atomic E-state index is 12.5. The molecule has 1 aliphatic heterocycles. The molecule has 2 aromatic rings. The van der Waals surface area contributed by atoms with Crippen molar-refractivity contribution in [2.75, 3.05) is 13.7 Å². The Balaban J connectivity index is 1.97. The molecule has 1 aromatic heterocycles. The number of ketones is 1. The Bertz CT molecular complexity index is 701. The number of hydrogen-bond donors (Lipinski definition) is 0. The molecule has 1 aliphatic rings. The first kappa shape index (κ1) is 12.5. The van der Waals surface area contributed by atoms with E-state index in [-0.39, 0.29) is 12.4 Å². The molecule has 0 N–H and O–H groups in total. The highest BCUT2D eigenvalue weighted by molar-refractivity contribution is 6.14. The van der Waals surface area contributed by atoms with E-state index >= 15 is 0 Å². The topological polar surface area (TPSA) is 53.3 Å². The Labute approximate surface area is 116 Å². The highest BCUT2D eigenvalue weighted by atomic mass is 16.5. The van der Waals surface area contributed by atoms with Gasteiger partial charge in [-0.1, -0.05) is 0 Å². The third-order valence-corrected chi connectivity index (χ3v) is 3.17. The van der Waals surface area contributed by atoms with E-state index in [1.54, 1.807) is 42.3 Å². The van der Waals surface area contributed by atoms with E-state index in [2.05, 4.69) is 5.10 Å². The molecule has 0 amide bonds. The van der Waals surface area contributed by atoms with Crippen LogP contribution in [0.3, 0.4) is 0 Å². The highest BCUT2D eigenvalue weighted by Crippen LogP contribution is 2.31. The number of benzene rings is 1. The van der Waals surface area contributed by atoms with Gasteiger partial charge in [-0.25, -0.2) is 0 Å². The Morgan fingerprint density at radius 3 is 3.00 bits per heavy atom. The van der Waals surface area contributed by atoms with E-state index < -0.39 is 0 Å². The molecule has 1 aromatic carbocycles. The molecule has 3 rings (SSSR count). The molecule has 0 fully saturated rings. The average Bonchev–Trinajstić information content (AvgIpc) is 2.87. The predicted octanol–water partition coefficient (Wildman–Crippen LogP) is 2.09. The standard InChI is InChI=1S/C15H14N2O3/c1-17-8-10(7-16-17)5-11-9-20-14-4-3-12(19-2)6-13(14)15(11)18/h3-8H,9H2,1-2H3. The van der Waals surface area contributed by atoms with Crippen molar-refractivity contribution in [2.45, 2.75) is 0 Å². The minimum Gasteiger partial charge on any atom is -0.497 e. The van der Waals surface area contributed by atoms with Crippen LogP contribution in [0.1, 0.15) is 15.9 Å². The SMILES string of the molecule is COc1ccc2c(c1)C(=O)C(=Cc1cnn(C)c1)CO2. The second kappa shape index (κ2) is 4.85. The summed E-state index contributed by atoms with van der Waals surface area (Å²) >= 11 is 0. The molecule has 5 nitrogen and oxygen atoms in total. The summed E-state index contributed by atoms with van der Waals surface area (Å²) in [7, 11) is 3.41. The fraction of sp³-hybridized carbons (Fsp3) is 0.200. The molecule has 0 radical (unpaired) electrons. The monoisotopic (exact) mass is 270 g/mol. The second-order valence-corrected chi connectivity index (χ2v) is 4.60. The molecule has 0 aliphatic carbocycles. The maximum absolute atomic E-state index is 12.5. The van der Waals surface area contributed by atoms with Crippen LogP contribution in [0.15, 0.2) is 36.2 Å². The molecule has 2 heterocycles. The lowest BCUT2D eigenvalue weighted by Gasteiger charge is -2.19. The van der Waals surface area contributed by atoms with Crippen LogP contribution in [0.5, 0.6) is 11.5 Å². The number of carbonyl (C=O) groups excluding carboxylic acids is 1. The molecule has 0 atom stereocenters. The molecule has 0 bridgehead atoms. The minimum absolute atomic E-state index is 0.0333. The average molecular weight is 270 g/mol. The van der Waals surface area contributed by atoms with Gasteiger partial charge in [-0.3, -0.25) is 9.48 Å². The van der Waals surface area contributed by atoms with Crippen molar-refractivity contribution in [2.24, 2.45) is 7.05 Å². The minimum atomic E-state index is -0.0333. The van der Waals surface area contributed by atoms with Crippen LogP contribution in [0.25, 0.3) is 6.08 Å². The first-order chi connectivity index (χ1) is 9.67. The zero-order valence-corrected chi connectivity index (χ0v) is 11.3. The summed E-state index contributed by atoms with van der Waals surface area (Å²) in [6, 6.07) is 5.24. The van der Waals surface area contributed by atoms with E-state index in [0.717, 1.165) is 5.56 Å². The lowest BCUT2D eigenvalue weighted by atomic mass is 9.99. The van der Waals surface area contributed by atoms with E-state index in [0.29, 0.717) is 22.6 Å². The number of nitrogens with zero attached hydrogens (tertiary/aromatic N) is 2. The first-order valence-corrected chi connectivity index (χ1v) is 6.22. The van der Waals surface area contributed by atoms with Crippen molar-refractivity contribution in [3.63, 3.8) is 0 Å². The number of Topliss-reactive ketones (excluding diaryl/α,β-unsaturated/α-hetero) is 1. The van der Waals surface area contributed by atoms with Crippen LogP contribution < -0.4 is 9.47 Å².